The molecule has 0 aliphatic heterocycles. The van der Waals surface area contributed by atoms with Crippen molar-refractivity contribution >= 4 is 29.2 Å². The summed E-state index contributed by atoms with van der Waals surface area (Å²) in [5.74, 6) is 0.852. The molecular weight excluding hydrogens is 306 g/mol. The summed E-state index contributed by atoms with van der Waals surface area (Å²) in [7, 11) is 0. The van der Waals surface area contributed by atoms with Crippen LogP contribution >= 0.6 is 12.2 Å². The van der Waals surface area contributed by atoms with Crippen LogP contribution in [0.5, 0.6) is 5.75 Å². The van der Waals surface area contributed by atoms with E-state index in [1.54, 1.807) is 6.21 Å². The van der Waals surface area contributed by atoms with Crippen LogP contribution in [0.2, 0.25) is 0 Å². The number of rotatable bonds is 5. The molecule has 0 saturated carbocycles. The number of aryl methyl sites for hydroxylation is 2. The van der Waals surface area contributed by atoms with Crippen LogP contribution in [0.1, 0.15) is 23.6 Å². The van der Waals surface area contributed by atoms with Crippen molar-refractivity contribution in [1.82, 2.24) is 5.43 Å². The van der Waals surface area contributed by atoms with Gasteiger partial charge in [-0.1, -0.05) is 17.7 Å². The molecule has 0 unspecified atom stereocenters. The fourth-order valence-electron chi connectivity index (χ4n) is 2.09. The molecule has 0 bridgehead atoms. The average Bonchev–Trinajstić information content (AvgIpc) is 2.52. The molecule has 4 nitrogen and oxygen atoms in total. The third-order valence-corrected chi connectivity index (χ3v) is 3.39. The smallest absolute Gasteiger partial charge is 0.191 e. The van der Waals surface area contributed by atoms with Gasteiger partial charge in [-0.2, -0.15) is 5.10 Å². The number of hydrogen-bond acceptors (Lipinski definition) is 3. The van der Waals surface area contributed by atoms with E-state index in [0.717, 1.165) is 22.6 Å². The number of benzene rings is 2. The molecule has 2 aromatic carbocycles. The molecule has 0 saturated heterocycles. The molecule has 0 amide bonds. The lowest BCUT2D eigenvalue weighted by Crippen LogP contribution is -2.24. The van der Waals surface area contributed by atoms with E-state index in [-0.39, 0.29) is 0 Å². The minimum Gasteiger partial charge on any atom is -0.494 e. The Morgan fingerprint density at radius 2 is 1.91 bits per heavy atom. The molecule has 0 aliphatic rings. The Morgan fingerprint density at radius 1 is 1.17 bits per heavy atom. The van der Waals surface area contributed by atoms with Crippen molar-refractivity contribution in [2.45, 2.75) is 20.8 Å². The van der Waals surface area contributed by atoms with Gasteiger partial charge in [0.15, 0.2) is 5.11 Å². The average molecular weight is 327 g/mol. The fourth-order valence-corrected chi connectivity index (χ4v) is 2.25. The number of ether oxygens (including phenoxy) is 1. The van der Waals surface area contributed by atoms with Gasteiger partial charge in [-0.3, -0.25) is 5.43 Å². The topological polar surface area (TPSA) is 45.6 Å². The first kappa shape index (κ1) is 17.0. The number of nitrogens with one attached hydrogen (secondary N) is 2. The van der Waals surface area contributed by atoms with Crippen LogP contribution in [0.3, 0.4) is 0 Å². The Morgan fingerprint density at radius 3 is 2.57 bits per heavy atom. The minimum atomic E-state index is 0.458. The SMILES string of the molecule is CCOc1ccc(C=NNC(=S)Nc2ccc(C)cc2C)cc1. The second-order valence-electron chi connectivity index (χ2n) is 5.14. The molecule has 0 fully saturated rings. The summed E-state index contributed by atoms with van der Waals surface area (Å²) >= 11 is 5.24. The molecule has 0 radical (unpaired) electrons. The highest BCUT2D eigenvalue weighted by molar-refractivity contribution is 7.80. The number of nitrogens with zero attached hydrogens (tertiary/aromatic N) is 1. The zero-order valence-electron chi connectivity index (χ0n) is 13.6. The summed E-state index contributed by atoms with van der Waals surface area (Å²) in [5, 5.41) is 7.73. The van der Waals surface area contributed by atoms with Crippen molar-refractivity contribution in [3.05, 3.63) is 59.2 Å². The van der Waals surface area contributed by atoms with E-state index in [1.807, 2.05) is 50.2 Å². The van der Waals surface area contributed by atoms with Crippen molar-refractivity contribution in [3.63, 3.8) is 0 Å². The second kappa shape index (κ2) is 8.29. The van der Waals surface area contributed by atoms with Crippen molar-refractivity contribution < 1.29 is 4.74 Å². The number of hydrogen-bond donors (Lipinski definition) is 2. The maximum atomic E-state index is 5.40. The number of thiocarbonyl (C=S) groups is 1. The summed E-state index contributed by atoms with van der Waals surface area (Å²) in [5.41, 5.74) is 7.13. The van der Waals surface area contributed by atoms with Gasteiger partial charge in [0.25, 0.3) is 0 Å². The number of anilines is 1. The maximum absolute atomic E-state index is 5.40. The summed E-state index contributed by atoms with van der Waals surface area (Å²) in [6.45, 7) is 6.73. The molecule has 0 atom stereocenters. The van der Waals surface area contributed by atoms with Crippen molar-refractivity contribution in [1.29, 1.82) is 0 Å². The Labute approximate surface area is 142 Å². The zero-order chi connectivity index (χ0) is 16.7. The summed E-state index contributed by atoms with van der Waals surface area (Å²) in [6.07, 6.45) is 1.71. The van der Waals surface area contributed by atoms with Crippen molar-refractivity contribution in [2.24, 2.45) is 5.10 Å². The first-order valence-electron chi connectivity index (χ1n) is 7.48. The van der Waals surface area contributed by atoms with Crippen LogP contribution in [-0.4, -0.2) is 17.9 Å². The van der Waals surface area contributed by atoms with Crippen LogP contribution in [0.4, 0.5) is 5.69 Å². The highest BCUT2D eigenvalue weighted by Gasteiger charge is 2.00. The summed E-state index contributed by atoms with van der Waals surface area (Å²) in [6, 6.07) is 13.9. The Kier molecular flexibility index (Phi) is 6.11. The van der Waals surface area contributed by atoms with Crippen LogP contribution in [0, 0.1) is 13.8 Å². The van der Waals surface area contributed by atoms with Gasteiger partial charge in [-0.05, 0) is 74.4 Å². The van der Waals surface area contributed by atoms with Crippen LogP contribution in [-0.2, 0) is 0 Å². The van der Waals surface area contributed by atoms with E-state index in [2.05, 4.69) is 28.8 Å². The fraction of sp³-hybridized carbons (Fsp3) is 0.222. The first-order chi connectivity index (χ1) is 11.1. The largest absolute Gasteiger partial charge is 0.494 e. The monoisotopic (exact) mass is 327 g/mol. The lowest BCUT2D eigenvalue weighted by molar-refractivity contribution is 0.340. The molecule has 0 spiro atoms. The predicted molar refractivity (Wildman–Crippen MR) is 100 cm³/mol. The highest BCUT2D eigenvalue weighted by atomic mass is 32.1. The van der Waals surface area contributed by atoms with Crippen LogP contribution in [0.25, 0.3) is 0 Å². The molecule has 120 valence electrons. The molecule has 5 heteroatoms. The van der Waals surface area contributed by atoms with E-state index >= 15 is 0 Å². The van der Waals surface area contributed by atoms with E-state index in [1.165, 1.54) is 5.56 Å². The second-order valence-corrected chi connectivity index (χ2v) is 5.55. The van der Waals surface area contributed by atoms with Gasteiger partial charge in [0.1, 0.15) is 5.75 Å². The third kappa shape index (κ3) is 5.38. The highest BCUT2D eigenvalue weighted by Crippen LogP contribution is 2.15. The standard InChI is InChI=1S/C18H21N3OS/c1-4-22-16-8-6-15(7-9-16)12-19-21-18(23)20-17-10-5-13(2)11-14(17)3/h5-12H,4H2,1-3H3,(H2,20,21,23). The van der Waals surface area contributed by atoms with Gasteiger partial charge in [0.05, 0.1) is 12.8 Å². The van der Waals surface area contributed by atoms with Crippen LogP contribution in [0.15, 0.2) is 47.6 Å². The predicted octanol–water partition coefficient (Wildman–Crippen LogP) is 4.02. The normalized spacial score (nSPS) is 10.6. The molecular formula is C18H21N3OS. The van der Waals surface area contributed by atoms with Gasteiger partial charge in [0.2, 0.25) is 0 Å². The quantitative estimate of drug-likeness (QED) is 0.494. The first-order valence-corrected chi connectivity index (χ1v) is 7.89. The molecule has 2 aromatic rings. The van der Waals surface area contributed by atoms with E-state index in [9.17, 15) is 0 Å². The Bertz CT molecular complexity index is 696. The van der Waals surface area contributed by atoms with Gasteiger partial charge in [-0.15, -0.1) is 0 Å². The minimum absolute atomic E-state index is 0.458. The molecule has 2 rings (SSSR count). The Hall–Kier alpha value is -2.40. The zero-order valence-corrected chi connectivity index (χ0v) is 14.4. The van der Waals surface area contributed by atoms with Gasteiger partial charge < -0.3 is 10.1 Å². The van der Waals surface area contributed by atoms with E-state index < -0.39 is 0 Å². The van der Waals surface area contributed by atoms with Gasteiger partial charge in [0, 0.05) is 5.69 Å². The molecule has 23 heavy (non-hydrogen) atoms. The Balaban J connectivity index is 1.88. The van der Waals surface area contributed by atoms with Crippen molar-refractivity contribution in [2.75, 3.05) is 11.9 Å². The summed E-state index contributed by atoms with van der Waals surface area (Å²) in [4.78, 5) is 0. The van der Waals surface area contributed by atoms with Crippen LogP contribution < -0.4 is 15.5 Å². The maximum Gasteiger partial charge on any atom is 0.191 e. The third-order valence-electron chi connectivity index (χ3n) is 3.20. The van der Waals surface area contributed by atoms with Crippen molar-refractivity contribution in [3.8, 4) is 5.75 Å². The molecule has 0 aromatic heterocycles. The molecule has 2 N–H and O–H groups in total. The van der Waals surface area contributed by atoms with E-state index in [0.29, 0.717) is 11.7 Å². The van der Waals surface area contributed by atoms with Gasteiger partial charge in [-0.25, -0.2) is 0 Å². The van der Waals surface area contributed by atoms with Gasteiger partial charge >= 0.3 is 0 Å². The molecule has 0 heterocycles. The number of hydrazone groups is 1. The summed E-state index contributed by atoms with van der Waals surface area (Å²) < 4.78 is 5.40. The lowest BCUT2D eigenvalue weighted by atomic mass is 10.1. The van der Waals surface area contributed by atoms with E-state index in [4.69, 9.17) is 17.0 Å². The lowest BCUT2D eigenvalue weighted by Gasteiger charge is -2.10. The molecule has 0 aliphatic carbocycles.